The van der Waals surface area contributed by atoms with Crippen LogP contribution in [-0.2, 0) is 0 Å². The molecular weight excluding hydrogens is 573 g/mol. The quantitative estimate of drug-likeness (QED) is 0.205. The Bertz CT molecular complexity index is 1950. The van der Waals surface area contributed by atoms with Crippen LogP contribution in [-0.4, -0.2) is 98.4 Å². The fourth-order valence-electron chi connectivity index (χ4n) is 5.59. The monoisotopic (exact) mass is 607 g/mol. The Morgan fingerprint density at radius 3 is 2.60 bits per heavy atom. The number of pyridine rings is 3. The second kappa shape index (κ2) is 12.6. The fourth-order valence-corrected chi connectivity index (χ4v) is 5.59. The minimum absolute atomic E-state index is 0.391. The van der Waals surface area contributed by atoms with Gasteiger partial charge in [0.2, 0.25) is 0 Å². The second-order valence-corrected chi connectivity index (χ2v) is 11.5. The molecule has 1 aliphatic rings. The van der Waals surface area contributed by atoms with E-state index in [4.69, 9.17) is 14.5 Å². The zero-order valence-electron chi connectivity index (χ0n) is 25.3. The molecule has 45 heavy (non-hydrogen) atoms. The molecule has 0 bridgehead atoms. The summed E-state index contributed by atoms with van der Waals surface area (Å²) in [4.78, 5) is 26.2. The van der Waals surface area contributed by atoms with E-state index in [-0.39, 0.29) is 0 Å². The SMILES string of the molecule is CN(C)CCOc1cncc(-c2cnc3n[nH]c(-c4nc5c(-c6cc(F)cc(OCCN7CCCC7)c6)nccc5[nH]4)c3c2)c1. The highest BCUT2D eigenvalue weighted by Gasteiger charge is 2.18. The van der Waals surface area contributed by atoms with Crippen molar-refractivity contribution in [1.82, 2.24) is 44.9 Å². The van der Waals surface area contributed by atoms with Gasteiger partial charge in [0.05, 0.1) is 22.8 Å². The lowest BCUT2D eigenvalue weighted by Crippen LogP contribution is -2.25. The maximum Gasteiger partial charge on any atom is 0.181 e. The largest absolute Gasteiger partial charge is 0.492 e. The van der Waals surface area contributed by atoms with Crippen molar-refractivity contribution in [2.75, 3.05) is 53.5 Å². The van der Waals surface area contributed by atoms with Crippen molar-refractivity contribution in [2.24, 2.45) is 0 Å². The molecule has 6 aromatic rings. The molecule has 0 unspecified atom stereocenters. The summed E-state index contributed by atoms with van der Waals surface area (Å²) >= 11 is 0. The number of aromatic nitrogens is 7. The normalized spacial score (nSPS) is 13.8. The van der Waals surface area contributed by atoms with Crippen molar-refractivity contribution in [2.45, 2.75) is 12.8 Å². The van der Waals surface area contributed by atoms with Crippen LogP contribution < -0.4 is 9.47 Å². The number of halogens is 1. The Labute approximate surface area is 259 Å². The van der Waals surface area contributed by atoms with E-state index in [9.17, 15) is 4.39 Å². The first kappa shape index (κ1) is 28.8. The fraction of sp³-hybridized carbons (Fsp3) is 0.303. The van der Waals surface area contributed by atoms with E-state index in [1.165, 1.54) is 25.0 Å². The lowest BCUT2D eigenvalue weighted by Gasteiger charge is -2.15. The third-order valence-electron chi connectivity index (χ3n) is 7.92. The second-order valence-electron chi connectivity index (χ2n) is 11.5. The number of nitrogens with zero attached hydrogens (tertiary/aromatic N) is 7. The van der Waals surface area contributed by atoms with Crippen molar-refractivity contribution in [1.29, 1.82) is 0 Å². The average molecular weight is 608 g/mol. The molecule has 0 spiro atoms. The van der Waals surface area contributed by atoms with Gasteiger partial charge in [0.25, 0.3) is 0 Å². The van der Waals surface area contributed by atoms with Crippen LogP contribution in [0.3, 0.4) is 0 Å². The Morgan fingerprint density at radius 2 is 1.73 bits per heavy atom. The molecule has 6 heterocycles. The molecule has 12 heteroatoms. The van der Waals surface area contributed by atoms with Crippen LogP contribution in [0.2, 0.25) is 0 Å². The van der Waals surface area contributed by atoms with E-state index in [2.05, 4.69) is 39.9 Å². The van der Waals surface area contributed by atoms with Crippen LogP contribution in [0, 0.1) is 5.82 Å². The molecule has 1 aliphatic heterocycles. The molecule has 0 atom stereocenters. The molecule has 0 aliphatic carbocycles. The molecule has 5 aromatic heterocycles. The van der Waals surface area contributed by atoms with Gasteiger partial charge in [-0.15, -0.1) is 0 Å². The summed E-state index contributed by atoms with van der Waals surface area (Å²) in [6, 6.07) is 10.5. The number of nitrogens with one attached hydrogen (secondary N) is 2. The van der Waals surface area contributed by atoms with Crippen molar-refractivity contribution in [3.8, 4) is 45.4 Å². The number of hydrogen-bond acceptors (Lipinski definition) is 9. The van der Waals surface area contributed by atoms with Crippen molar-refractivity contribution in [3.63, 3.8) is 0 Å². The number of hydrogen-bond donors (Lipinski definition) is 2. The molecule has 11 nitrogen and oxygen atoms in total. The van der Waals surface area contributed by atoms with E-state index in [1.807, 2.05) is 38.4 Å². The standard InChI is InChI=1S/C33H34FN9O2/c1-42(2)9-11-45-26-15-22(18-35-20-26)23-16-27-30(40-41-32(27)37-19-23)33-38-28-5-6-36-29(31(28)39-33)21-13-24(34)17-25(14-21)44-12-10-43-7-3-4-8-43/h5-6,13-20H,3-4,7-12H2,1-2H3,(H,38,39)(H,37,40,41). The highest BCUT2D eigenvalue weighted by molar-refractivity contribution is 5.96. The molecule has 0 amide bonds. The van der Waals surface area contributed by atoms with Crippen molar-refractivity contribution < 1.29 is 13.9 Å². The van der Waals surface area contributed by atoms with Crippen LogP contribution in [0.25, 0.3) is 56.0 Å². The highest BCUT2D eigenvalue weighted by atomic mass is 19.1. The number of likely N-dealkylation sites (tertiary alicyclic amines) is 1. The smallest absolute Gasteiger partial charge is 0.181 e. The molecule has 0 saturated carbocycles. The van der Waals surface area contributed by atoms with E-state index in [0.29, 0.717) is 58.7 Å². The third-order valence-corrected chi connectivity index (χ3v) is 7.92. The Morgan fingerprint density at radius 1 is 0.911 bits per heavy atom. The number of ether oxygens (including phenoxy) is 2. The molecule has 1 fully saturated rings. The van der Waals surface area contributed by atoms with Gasteiger partial charge in [-0.3, -0.25) is 20.0 Å². The van der Waals surface area contributed by atoms with Crippen LogP contribution in [0.1, 0.15) is 12.8 Å². The number of H-pyrrole nitrogens is 2. The van der Waals surface area contributed by atoms with Gasteiger partial charge in [0.15, 0.2) is 11.5 Å². The topological polar surface area (TPSA) is 121 Å². The lowest BCUT2D eigenvalue weighted by molar-refractivity contribution is 0.237. The van der Waals surface area contributed by atoms with E-state index < -0.39 is 5.82 Å². The number of rotatable bonds is 11. The van der Waals surface area contributed by atoms with Gasteiger partial charge in [-0.05, 0) is 70.4 Å². The maximum atomic E-state index is 14.8. The first-order valence-electron chi connectivity index (χ1n) is 15.1. The summed E-state index contributed by atoms with van der Waals surface area (Å²) in [5.41, 5.74) is 5.49. The van der Waals surface area contributed by atoms with Gasteiger partial charge in [-0.1, -0.05) is 0 Å². The Kier molecular flexibility index (Phi) is 8.05. The molecule has 1 aromatic carbocycles. The summed E-state index contributed by atoms with van der Waals surface area (Å²) in [7, 11) is 4.01. The molecular formula is C33H34FN9O2. The van der Waals surface area contributed by atoms with Crippen molar-refractivity contribution in [3.05, 3.63) is 67.0 Å². The van der Waals surface area contributed by atoms with Crippen LogP contribution in [0.15, 0.2) is 61.2 Å². The molecule has 1 saturated heterocycles. The number of fused-ring (bicyclic) bond motifs is 2. The van der Waals surface area contributed by atoms with Gasteiger partial charge in [-0.25, -0.2) is 14.4 Å². The van der Waals surface area contributed by atoms with Gasteiger partial charge in [-0.2, -0.15) is 5.10 Å². The minimum atomic E-state index is -0.391. The van der Waals surface area contributed by atoms with Gasteiger partial charge >= 0.3 is 0 Å². The highest BCUT2D eigenvalue weighted by Crippen LogP contribution is 2.33. The maximum absolute atomic E-state index is 14.8. The summed E-state index contributed by atoms with van der Waals surface area (Å²) in [6.45, 7) is 4.86. The summed E-state index contributed by atoms with van der Waals surface area (Å²) in [5, 5.41) is 8.29. The predicted octanol–water partition coefficient (Wildman–Crippen LogP) is 5.18. The van der Waals surface area contributed by atoms with Crippen LogP contribution >= 0.6 is 0 Å². The first-order chi connectivity index (χ1) is 22.0. The number of likely N-dealkylation sites (N-methyl/N-ethyl adjacent to an activating group) is 1. The average Bonchev–Trinajstić information content (AvgIpc) is 3.80. The van der Waals surface area contributed by atoms with E-state index >= 15 is 0 Å². The summed E-state index contributed by atoms with van der Waals surface area (Å²) in [6.07, 6.45) is 9.37. The molecule has 2 N–H and O–H groups in total. The lowest BCUT2D eigenvalue weighted by atomic mass is 10.1. The summed E-state index contributed by atoms with van der Waals surface area (Å²) < 4.78 is 26.6. The Balaban J connectivity index is 1.18. The summed E-state index contributed by atoms with van der Waals surface area (Å²) in [5.74, 6) is 1.34. The zero-order valence-corrected chi connectivity index (χ0v) is 25.3. The van der Waals surface area contributed by atoms with Gasteiger partial charge < -0.3 is 19.4 Å². The van der Waals surface area contributed by atoms with Gasteiger partial charge in [0.1, 0.15) is 41.7 Å². The van der Waals surface area contributed by atoms with E-state index in [0.717, 1.165) is 48.2 Å². The number of imidazole rings is 1. The zero-order chi connectivity index (χ0) is 30.8. The third kappa shape index (κ3) is 6.33. The van der Waals surface area contributed by atoms with Crippen molar-refractivity contribution >= 4 is 22.1 Å². The first-order valence-corrected chi connectivity index (χ1v) is 15.1. The predicted molar refractivity (Wildman–Crippen MR) is 171 cm³/mol. The van der Waals surface area contributed by atoms with Crippen LogP contribution in [0.4, 0.5) is 4.39 Å². The molecule has 7 rings (SSSR count). The molecule has 230 valence electrons. The minimum Gasteiger partial charge on any atom is -0.492 e. The number of aromatic amines is 2. The Hall–Kier alpha value is -4.94. The number of benzene rings is 1. The van der Waals surface area contributed by atoms with Gasteiger partial charge in [0, 0.05) is 54.4 Å². The van der Waals surface area contributed by atoms with Crippen LogP contribution in [0.5, 0.6) is 11.5 Å². The molecule has 0 radical (unpaired) electrons. The van der Waals surface area contributed by atoms with E-state index in [1.54, 1.807) is 24.8 Å².